The average Bonchev–Trinajstić information content (AvgIpc) is 2.98. The van der Waals surface area contributed by atoms with Crippen molar-refractivity contribution in [2.24, 2.45) is 0 Å². The summed E-state index contributed by atoms with van der Waals surface area (Å²) in [6.07, 6.45) is 13.9. The van der Waals surface area contributed by atoms with Gasteiger partial charge in [0, 0.05) is 0 Å². The summed E-state index contributed by atoms with van der Waals surface area (Å²) in [5.41, 5.74) is 7.03. The molecule has 0 aliphatic rings. The number of Topliss-reactive ketones (excluding diaryl/α,β-unsaturated/α-hetero) is 1. The van der Waals surface area contributed by atoms with Gasteiger partial charge in [0.1, 0.15) is 11.8 Å². The summed E-state index contributed by atoms with van der Waals surface area (Å²) >= 11 is 0. The van der Waals surface area contributed by atoms with Crippen LogP contribution in [0.1, 0.15) is 77.7 Å². The molecule has 0 amide bonds. The zero-order valence-corrected chi connectivity index (χ0v) is 14.9. The molecular formula is C18H29N5O. The molecular weight excluding hydrogens is 302 g/mol. The Morgan fingerprint density at radius 2 is 1.75 bits per heavy atom. The van der Waals surface area contributed by atoms with Crippen LogP contribution in [-0.2, 0) is 4.79 Å². The lowest BCUT2D eigenvalue weighted by Gasteiger charge is -2.16. The SMILES string of the molecule is CCCCCCCCCCC(C(C)=O)n1cnc2c(N)ncnc21. The summed E-state index contributed by atoms with van der Waals surface area (Å²) in [5, 5.41) is 0. The van der Waals surface area contributed by atoms with Gasteiger partial charge in [0.05, 0.1) is 12.4 Å². The Morgan fingerprint density at radius 3 is 2.42 bits per heavy atom. The fraction of sp³-hybridized carbons (Fsp3) is 0.667. The van der Waals surface area contributed by atoms with Crippen LogP contribution in [0.5, 0.6) is 0 Å². The predicted octanol–water partition coefficient (Wildman–Crippen LogP) is 4.07. The first-order chi connectivity index (χ1) is 11.6. The highest BCUT2D eigenvalue weighted by atomic mass is 16.1. The summed E-state index contributed by atoms with van der Waals surface area (Å²) in [5.74, 6) is 0.488. The van der Waals surface area contributed by atoms with Crippen molar-refractivity contribution in [1.29, 1.82) is 0 Å². The Labute approximate surface area is 143 Å². The zero-order chi connectivity index (χ0) is 17.4. The van der Waals surface area contributed by atoms with Crippen molar-refractivity contribution in [3.63, 3.8) is 0 Å². The first-order valence-corrected chi connectivity index (χ1v) is 9.08. The van der Waals surface area contributed by atoms with E-state index in [1.54, 1.807) is 13.3 Å². The lowest BCUT2D eigenvalue weighted by atomic mass is 10.0. The van der Waals surface area contributed by atoms with Crippen molar-refractivity contribution in [2.45, 2.75) is 77.7 Å². The Hall–Kier alpha value is -1.98. The Bertz CT molecular complexity index is 652. The van der Waals surface area contributed by atoms with Gasteiger partial charge in [-0.05, 0) is 13.3 Å². The lowest BCUT2D eigenvalue weighted by molar-refractivity contribution is -0.120. The van der Waals surface area contributed by atoms with E-state index in [1.165, 1.54) is 51.3 Å². The maximum Gasteiger partial charge on any atom is 0.166 e. The van der Waals surface area contributed by atoms with Crippen LogP contribution in [0.3, 0.4) is 0 Å². The normalized spacial score (nSPS) is 12.6. The highest BCUT2D eigenvalue weighted by Gasteiger charge is 2.20. The summed E-state index contributed by atoms with van der Waals surface area (Å²) in [4.78, 5) is 24.6. The molecule has 2 heterocycles. The molecule has 0 aliphatic heterocycles. The van der Waals surface area contributed by atoms with Crippen molar-refractivity contribution < 1.29 is 4.79 Å². The summed E-state index contributed by atoms with van der Waals surface area (Å²) in [6.45, 7) is 3.87. The average molecular weight is 331 g/mol. The Morgan fingerprint density at radius 1 is 1.08 bits per heavy atom. The van der Waals surface area contributed by atoms with Gasteiger partial charge in [0.15, 0.2) is 17.2 Å². The number of imidazole rings is 1. The van der Waals surface area contributed by atoms with E-state index in [1.807, 2.05) is 4.57 Å². The van der Waals surface area contributed by atoms with Crippen molar-refractivity contribution in [3.05, 3.63) is 12.7 Å². The zero-order valence-electron chi connectivity index (χ0n) is 14.9. The number of anilines is 1. The van der Waals surface area contributed by atoms with Crippen LogP contribution >= 0.6 is 0 Å². The number of carbonyl (C=O) groups is 1. The van der Waals surface area contributed by atoms with Crippen molar-refractivity contribution in [1.82, 2.24) is 19.5 Å². The number of nitrogens with two attached hydrogens (primary N) is 1. The predicted molar refractivity (Wildman–Crippen MR) is 96.7 cm³/mol. The van der Waals surface area contributed by atoms with Crippen molar-refractivity contribution >= 4 is 22.8 Å². The quantitative estimate of drug-likeness (QED) is 0.627. The summed E-state index contributed by atoms with van der Waals surface area (Å²) in [6, 6.07) is -0.218. The standard InChI is InChI=1S/C18H29N5O/c1-3-4-5-6-7-8-9-10-11-15(14(2)24)23-13-22-16-17(19)20-12-21-18(16)23/h12-13,15H,3-11H2,1-2H3,(H2,19,20,21). The van der Waals surface area contributed by atoms with E-state index in [-0.39, 0.29) is 11.8 Å². The molecule has 2 aromatic heterocycles. The topological polar surface area (TPSA) is 86.7 Å². The fourth-order valence-electron chi connectivity index (χ4n) is 3.11. The molecule has 132 valence electrons. The van der Waals surface area contributed by atoms with E-state index >= 15 is 0 Å². The van der Waals surface area contributed by atoms with Gasteiger partial charge in [-0.1, -0.05) is 58.3 Å². The van der Waals surface area contributed by atoms with Crippen LogP contribution in [-0.4, -0.2) is 25.3 Å². The molecule has 2 aromatic rings. The van der Waals surface area contributed by atoms with E-state index < -0.39 is 0 Å². The van der Waals surface area contributed by atoms with Gasteiger partial charge in [0.2, 0.25) is 0 Å². The van der Waals surface area contributed by atoms with Gasteiger partial charge in [-0.2, -0.15) is 0 Å². The number of hydrogen-bond donors (Lipinski definition) is 1. The van der Waals surface area contributed by atoms with Gasteiger partial charge in [0.25, 0.3) is 0 Å². The molecule has 0 spiro atoms. The highest BCUT2D eigenvalue weighted by Crippen LogP contribution is 2.23. The molecule has 2 N–H and O–H groups in total. The van der Waals surface area contributed by atoms with Crippen LogP contribution in [0.25, 0.3) is 11.2 Å². The molecule has 0 aliphatic carbocycles. The number of unbranched alkanes of at least 4 members (excludes halogenated alkanes) is 7. The van der Waals surface area contributed by atoms with E-state index in [0.29, 0.717) is 17.0 Å². The number of fused-ring (bicyclic) bond motifs is 1. The van der Waals surface area contributed by atoms with Gasteiger partial charge in [-0.25, -0.2) is 15.0 Å². The third kappa shape index (κ3) is 4.76. The number of aromatic nitrogens is 4. The van der Waals surface area contributed by atoms with Crippen LogP contribution in [0.15, 0.2) is 12.7 Å². The van der Waals surface area contributed by atoms with Gasteiger partial charge in [-0.3, -0.25) is 4.79 Å². The second-order valence-corrected chi connectivity index (χ2v) is 6.47. The van der Waals surface area contributed by atoms with E-state index in [4.69, 9.17) is 5.73 Å². The molecule has 6 heteroatoms. The molecule has 0 radical (unpaired) electrons. The lowest BCUT2D eigenvalue weighted by Crippen LogP contribution is -2.17. The van der Waals surface area contributed by atoms with E-state index in [9.17, 15) is 4.79 Å². The third-order valence-electron chi connectivity index (χ3n) is 4.52. The van der Waals surface area contributed by atoms with Crippen LogP contribution in [0.4, 0.5) is 5.82 Å². The molecule has 0 saturated carbocycles. The Balaban J connectivity index is 1.88. The number of hydrogen-bond acceptors (Lipinski definition) is 5. The molecule has 1 unspecified atom stereocenters. The van der Waals surface area contributed by atoms with Crippen LogP contribution in [0, 0.1) is 0 Å². The minimum atomic E-state index is -0.218. The Kier molecular flexibility index (Phi) is 7.15. The van der Waals surface area contributed by atoms with Gasteiger partial charge < -0.3 is 10.3 Å². The molecule has 6 nitrogen and oxygen atoms in total. The molecule has 0 fully saturated rings. The molecule has 24 heavy (non-hydrogen) atoms. The number of nitrogen functional groups attached to an aromatic ring is 1. The third-order valence-corrected chi connectivity index (χ3v) is 4.52. The smallest absolute Gasteiger partial charge is 0.166 e. The first kappa shape index (κ1) is 18.4. The minimum absolute atomic E-state index is 0.134. The molecule has 0 aromatic carbocycles. The second-order valence-electron chi connectivity index (χ2n) is 6.47. The van der Waals surface area contributed by atoms with Crippen LogP contribution in [0.2, 0.25) is 0 Å². The van der Waals surface area contributed by atoms with Gasteiger partial charge in [-0.15, -0.1) is 0 Å². The molecule has 0 saturated heterocycles. The molecule has 2 rings (SSSR count). The maximum absolute atomic E-state index is 12.1. The fourth-order valence-corrected chi connectivity index (χ4v) is 3.11. The van der Waals surface area contributed by atoms with E-state index in [0.717, 1.165) is 12.8 Å². The maximum atomic E-state index is 12.1. The van der Waals surface area contributed by atoms with Crippen molar-refractivity contribution in [2.75, 3.05) is 5.73 Å². The summed E-state index contributed by atoms with van der Waals surface area (Å²) < 4.78 is 1.84. The highest BCUT2D eigenvalue weighted by molar-refractivity contribution is 5.85. The molecule has 0 bridgehead atoms. The number of ketones is 1. The first-order valence-electron chi connectivity index (χ1n) is 9.08. The number of carbonyl (C=O) groups excluding carboxylic acids is 1. The molecule has 1 atom stereocenters. The monoisotopic (exact) mass is 331 g/mol. The largest absolute Gasteiger partial charge is 0.382 e. The number of rotatable bonds is 11. The summed E-state index contributed by atoms with van der Waals surface area (Å²) in [7, 11) is 0. The van der Waals surface area contributed by atoms with Gasteiger partial charge >= 0.3 is 0 Å². The van der Waals surface area contributed by atoms with Crippen molar-refractivity contribution in [3.8, 4) is 0 Å². The minimum Gasteiger partial charge on any atom is -0.382 e. The van der Waals surface area contributed by atoms with Crippen LogP contribution < -0.4 is 5.73 Å². The van der Waals surface area contributed by atoms with E-state index in [2.05, 4.69) is 21.9 Å². The number of nitrogens with zero attached hydrogens (tertiary/aromatic N) is 4. The second kappa shape index (κ2) is 9.35.